The van der Waals surface area contributed by atoms with E-state index in [2.05, 4.69) is 29.6 Å². The van der Waals surface area contributed by atoms with E-state index in [1.54, 1.807) is 5.56 Å². The number of anilines is 1. The standard InChI is InChI=1S/C13H17N.ClH/c1-4-8-13(9-5-1)10-14-12-7-3-2-6-11(12)13;/h2-3,6-7,14H,1,4-5,8-10H2;1H. The molecule has 0 radical (unpaired) electrons. The third-order valence-corrected chi connectivity index (χ3v) is 3.93. The summed E-state index contributed by atoms with van der Waals surface area (Å²) in [6.07, 6.45) is 7.03. The quantitative estimate of drug-likeness (QED) is 0.707. The summed E-state index contributed by atoms with van der Waals surface area (Å²) in [5.41, 5.74) is 3.46. The molecule has 1 nitrogen and oxygen atoms in total. The van der Waals surface area contributed by atoms with Crippen molar-refractivity contribution in [1.82, 2.24) is 0 Å². The molecule has 0 unspecified atom stereocenters. The molecular weight excluding hydrogens is 206 g/mol. The third-order valence-electron chi connectivity index (χ3n) is 3.93. The van der Waals surface area contributed by atoms with Crippen LogP contribution in [0.3, 0.4) is 0 Å². The van der Waals surface area contributed by atoms with Gasteiger partial charge in [-0.25, -0.2) is 0 Å². The summed E-state index contributed by atoms with van der Waals surface area (Å²) in [5, 5.41) is 3.56. The van der Waals surface area contributed by atoms with E-state index >= 15 is 0 Å². The third kappa shape index (κ3) is 1.63. The van der Waals surface area contributed by atoms with Gasteiger partial charge in [-0.05, 0) is 24.5 Å². The first-order valence-corrected chi connectivity index (χ1v) is 5.74. The lowest BCUT2D eigenvalue weighted by Gasteiger charge is -2.33. The summed E-state index contributed by atoms with van der Waals surface area (Å²) >= 11 is 0. The summed E-state index contributed by atoms with van der Waals surface area (Å²) < 4.78 is 0. The molecule has 0 amide bonds. The van der Waals surface area contributed by atoms with Crippen LogP contribution in [0.15, 0.2) is 24.3 Å². The van der Waals surface area contributed by atoms with Gasteiger partial charge in [0, 0.05) is 17.6 Å². The SMILES string of the molecule is Cl.c1ccc2c(c1)NCC21CCCCC1. The van der Waals surface area contributed by atoms with Crippen molar-refractivity contribution in [3.8, 4) is 0 Å². The highest BCUT2D eigenvalue weighted by Crippen LogP contribution is 2.46. The smallest absolute Gasteiger partial charge is 0.0379 e. The van der Waals surface area contributed by atoms with Gasteiger partial charge in [0.2, 0.25) is 0 Å². The first-order valence-electron chi connectivity index (χ1n) is 5.74. The van der Waals surface area contributed by atoms with Gasteiger partial charge in [-0.2, -0.15) is 0 Å². The molecule has 1 aromatic carbocycles. The minimum Gasteiger partial charge on any atom is -0.384 e. The van der Waals surface area contributed by atoms with Crippen LogP contribution in [0.2, 0.25) is 0 Å². The number of rotatable bonds is 0. The van der Waals surface area contributed by atoms with Crippen LogP contribution in [-0.4, -0.2) is 6.54 Å². The summed E-state index contributed by atoms with van der Waals surface area (Å²) in [5.74, 6) is 0. The Hall–Kier alpha value is -0.690. The van der Waals surface area contributed by atoms with Crippen molar-refractivity contribution in [3.05, 3.63) is 29.8 Å². The van der Waals surface area contributed by atoms with Gasteiger partial charge in [0.05, 0.1) is 0 Å². The molecule has 1 N–H and O–H groups in total. The maximum absolute atomic E-state index is 3.56. The molecule has 0 saturated heterocycles. The first-order chi connectivity index (χ1) is 6.91. The monoisotopic (exact) mass is 223 g/mol. The van der Waals surface area contributed by atoms with E-state index in [4.69, 9.17) is 0 Å². The number of hydrogen-bond donors (Lipinski definition) is 1. The predicted octanol–water partition coefficient (Wildman–Crippen LogP) is 3.74. The molecule has 1 aliphatic heterocycles. The average molecular weight is 224 g/mol. The molecule has 1 aromatic rings. The van der Waals surface area contributed by atoms with Crippen LogP contribution in [0.1, 0.15) is 37.7 Å². The number of benzene rings is 1. The number of halogens is 1. The maximum atomic E-state index is 3.56. The van der Waals surface area contributed by atoms with Crippen molar-refractivity contribution in [2.75, 3.05) is 11.9 Å². The number of nitrogens with one attached hydrogen (secondary N) is 1. The van der Waals surface area contributed by atoms with Crippen LogP contribution in [-0.2, 0) is 5.41 Å². The highest BCUT2D eigenvalue weighted by Gasteiger charge is 2.39. The molecule has 0 bridgehead atoms. The van der Waals surface area contributed by atoms with Crippen LogP contribution in [0, 0.1) is 0 Å². The fourth-order valence-corrected chi connectivity index (χ4v) is 3.13. The number of fused-ring (bicyclic) bond motifs is 2. The largest absolute Gasteiger partial charge is 0.384 e. The molecule has 0 aromatic heterocycles. The molecule has 1 fully saturated rings. The lowest BCUT2D eigenvalue weighted by Crippen LogP contribution is -2.30. The van der Waals surface area contributed by atoms with Gasteiger partial charge in [0.1, 0.15) is 0 Å². The molecule has 3 rings (SSSR count). The van der Waals surface area contributed by atoms with E-state index in [0.717, 1.165) is 0 Å². The Morgan fingerprint density at radius 1 is 1.00 bits per heavy atom. The Kier molecular flexibility index (Phi) is 2.92. The molecule has 2 aliphatic rings. The summed E-state index contributed by atoms with van der Waals surface area (Å²) in [7, 11) is 0. The average Bonchev–Trinajstić information content (AvgIpc) is 2.60. The van der Waals surface area contributed by atoms with E-state index in [9.17, 15) is 0 Å². The molecule has 15 heavy (non-hydrogen) atoms. The molecule has 1 aliphatic carbocycles. The van der Waals surface area contributed by atoms with Crippen LogP contribution < -0.4 is 5.32 Å². The van der Waals surface area contributed by atoms with Crippen molar-refractivity contribution in [2.24, 2.45) is 0 Å². The van der Waals surface area contributed by atoms with E-state index in [1.807, 2.05) is 0 Å². The molecule has 1 heterocycles. The minimum atomic E-state index is 0. The molecule has 0 atom stereocenters. The van der Waals surface area contributed by atoms with E-state index in [1.165, 1.54) is 44.3 Å². The van der Waals surface area contributed by atoms with E-state index in [-0.39, 0.29) is 12.4 Å². The second kappa shape index (κ2) is 4.05. The van der Waals surface area contributed by atoms with Crippen molar-refractivity contribution in [1.29, 1.82) is 0 Å². The molecule has 1 saturated carbocycles. The van der Waals surface area contributed by atoms with Gasteiger partial charge < -0.3 is 5.32 Å². The van der Waals surface area contributed by atoms with Crippen LogP contribution in [0.25, 0.3) is 0 Å². The highest BCUT2D eigenvalue weighted by molar-refractivity contribution is 5.85. The van der Waals surface area contributed by atoms with Gasteiger partial charge in [0.25, 0.3) is 0 Å². The van der Waals surface area contributed by atoms with Crippen molar-refractivity contribution < 1.29 is 0 Å². The lowest BCUT2D eigenvalue weighted by molar-refractivity contribution is 0.319. The van der Waals surface area contributed by atoms with Gasteiger partial charge in [-0.15, -0.1) is 12.4 Å². The summed E-state index contributed by atoms with van der Waals surface area (Å²) in [6.45, 7) is 1.17. The zero-order valence-corrected chi connectivity index (χ0v) is 9.78. The van der Waals surface area contributed by atoms with Crippen molar-refractivity contribution in [3.63, 3.8) is 0 Å². The minimum absolute atomic E-state index is 0. The van der Waals surface area contributed by atoms with Crippen molar-refractivity contribution in [2.45, 2.75) is 37.5 Å². The topological polar surface area (TPSA) is 12.0 Å². The Morgan fingerprint density at radius 2 is 1.73 bits per heavy atom. The van der Waals surface area contributed by atoms with Gasteiger partial charge in [-0.3, -0.25) is 0 Å². The Labute approximate surface area is 97.7 Å². The molecule has 1 spiro atoms. The normalized spacial score (nSPS) is 21.6. The second-order valence-electron chi connectivity index (χ2n) is 4.74. The predicted molar refractivity (Wildman–Crippen MR) is 66.9 cm³/mol. The Bertz CT molecular complexity index is 337. The van der Waals surface area contributed by atoms with Gasteiger partial charge in [-0.1, -0.05) is 37.5 Å². The lowest BCUT2D eigenvalue weighted by atomic mass is 9.71. The first kappa shape index (κ1) is 10.8. The van der Waals surface area contributed by atoms with Gasteiger partial charge in [0.15, 0.2) is 0 Å². The molecular formula is C13H18ClN. The molecule has 2 heteroatoms. The highest BCUT2D eigenvalue weighted by atomic mass is 35.5. The van der Waals surface area contributed by atoms with Gasteiger partial charge >= 0.3 is 0 Å². The fraction of sp³-hybridized carbons (Fsp3) is 0.538. The zero-order valence-electron chi connectivity index (χ0n) is 8.96. The zero-order chi connectivity index (χ0) is 9.43. The van der Waals surface area contributed by atoms with Crippen LogP contribution >= 0.6 is 12.4 Å². The van der Waals surface area contributed by atoms with Crippen LogP contribution in [0.5, 0.6) is 0 Å². The fourth-order valence-electron chi connectivity index (χ4n) is 3.13. The Balaban J connectivity index is 0.000000853. The number of para-hydroxylation sites is 1. The van der Waals surface area contributed by atoms with E-state index < -0.39 is 0 Å². The number of hydrogen-bond acceptors (Lipinski definition) is 1. The summed E-state index contributed by atoms with van der Waals surface area (Å²) in [6, 6.07) is 8.86. The molecule has 82 valence electrons. The summed E-state index contributed by atoms with van der Waals surface area (Å²) in [4.78, 5) is 0. The van der Waals surface area contributed by atoms with Crippen LogP contribution in [0.4, 0.5) is 5.69 Å². The van der Waals surface area contributed by atoms with E-state index in [0.29, 0.717) is 5.41 Å². The second-order valence-corrected chi connectivity index (χ2v) is 4.74. The Morgan fingerprint density at radius 3 is 2.53 bits per heavy atom. The maximum Gasteiger partial charge on any atom is 0.0379 e. The van der Waals surface area contributed by atoms with Crippen molar-refractivity contribution >= 4 is 18.1 Å².